The summed E-state index contributed by atoms with van der Waals surface area (Å²) in [4.78, 5) is 24.7. The minimum atomic E-state index is -4.15. The van der Waals surface area contributed by atoms with Gasteiger partial charge < -0.3 is 30.6 Å². The second kappa shape index (κ2) is 10.7. The van der Waals surface area contributed by atoms with Crippen LogP contribution >= 0.6 is 49.7 Å². The van der Waals surface area contributed by atoms with Gasteiger partial charge >= 0.3 is 13.6 Å². The number of imidazole rings is 2. The fourth-order valence-corrected chi connectivity index (χ4v) is 9.26. The smallest absolute Gasteiger partial charge is 0.386 e. The molecule has 5 unspecified atom stereocenters. The van der Waals surface area contributed by atoms with E-state index in [9.17, 15) is 14.2 Å². The molecule has 0 bridgehead atoms. The van der Waals surface area contributed by atoms with Crippen molar-refractivity contribution in [3.05, 3.63) is 24.3 Å². The molecule has 1 saturated carbocycles. The highest BCUT2D eigenvalue weighted by molar-refractivity contribution is 8.44. The molecule has 4 fully saturated rings. The van der Waals surface area contributed by atoms with Gasteiger partial charge in [-0.2, -0.15) is 9.97 Å². The van der Waals surface area contributed by atoms with Crippen LogP contribution in [0.5, 0.6) is 0 Å². The first kappa shape index (κ1) is 30.2. The zero-order valence-corrected chi connectivity index (χ0v) is 26.8. The van der Waals surface area contributed by atoms with Crippen LogP contribution in [-0.4, -0.2) is 94.0 Å². The highest BCUT2D eigenvalue weighted by Gasteiger charge is 2.67. The van der Waals surface area contributed by atoms with Gasteiger partial charge in [-0.3, -0.25) is 22.7 Å². The van der Waals surface area contributed by atoms with Crippen LogP contribution in [0.4, 0.5) is 11.6 Å². The van der Waals surface area contributed by atoms with Gasteiger partial charge in [0, 0.05) is 5.92 Å². The van der Waals surface area contributed by atoms with Crippen molar-refractivity contribution < 1.29 is 41.8 Å². The van der Waals surface area contributed by atoms with E-state index in [-0.39, 0.29) is 46.6 Å². The number of aromatic nitrogens is 8. The highest BCUT2D eigenvalue weighted by Crippen LogP contribution is 2.65. The molecule has 4 aromatic heterocycles. The van der Waals surface area contributed by atoms with Crippen LogP contribution in [0.15, 0.2) is 19.0 Å². The van der Waals surface area contributed by atoms with E-state index < -0.39 is 63.1 Å². The van der Waals surface area contributed by atoms with E-state index in [1.54, 1.807) is 4.57 Å². The Bertz CT molecular complexity index is 1940. The number of thiol groups is 2. The number of nitrogens with zero attached hydrogens (tertiary/aromatic N) is 8. The van der Waals surface area contributed by atoms with Crippen LogP contribution in [0.1, 0.15) is 12.3 Å². The van der Waals surface area contributed by atoms with Gasteiger partial charge in [0.1, 0.15) is 47.9 Å². The highest BCUT2D eigenvalue weighted by atomic mass is 35.5. The predicted molar refractivity (Wildman–Crippen MR) is 160 cm³/mol. The number of hydrogen-bond acceptors (Lipinski definition) is 17. The Kier molecular flexibility index (Phi) is 7.18. The second-order valence-electron chi connectivity index (χ2n) is 10.7. The van der Waals surface area contributed by atoms with Gasteiger partial charge in [-0.15, -0.1) is 0 Å². The van der Waals surface area contributed by atoms with Crippen molar-refractivity contribution >= 4 is 83.7 Å². The third-order valence-electron chi connectivity index (χ3n) is 8.07. The summed E-state index contributed by atoms with van der Waals surface area (Å²) in [6.07, 6.45) is -3.20. The van der Waals surface area contributed by atoms with Gasteiger partial charge in [0.15, 0.2) is 29.2 Å². The standard InChI is InChI=1S/C21H23ClN10O9P2S2/c22-21-29-17(24)10-19(30-21)31(4-27-10)11-8-13-6(38-15(8)11)1-36-43(35,45)41-14-7(2-37-42(34,44)40-13)39-20(12(14)33)32-5-28-9-16(23)25-3-26-18(9)32/h3-8,11-15,20,33H,1-2H2,(H,34,44)(H,35,45)(H2,23,25,26)(H2,24,29,30)/t6-,7-,8?,11+,12?,13?,14?,15?,20-,42-,43-/m1/s1. The Morgan fingerprint density at radius 1 is 0.844 bits per heavy atom. The van der Waals surface area contributed by atoms with Crippen LogP contribution in [0.3, 0.4) is 0 Å². The maximum absolute atomic E-state index is 13.6. The van der Waals surface area contributed by atoms with E-state index in [1.165, 1.54) is 23.5 Å². The van der Waals surface area contributed by atoms with E-state index >= 15 is 0 Å². The quantitative estimate of drug-likeness (QED) is 0.112. The summed E-state index contributed by atoms with van der Waals surface area (Å²) in [7, 11) is 0. The summed E-state index contributed by atoms with van der Waals surface area (Å²) in [5.41, 5.74) is 13.1. The topological polar surface area (TPSA) is 249 Å². The zero-order valence-electron chi connectivity index (χ0n) is 22.5. The van der Waals surface area contributed by atoms with E-state index in [0.717, 1.165) is 0 Å². The van der Waals surface area contributed by atoms with Gasteiger partial charge in [0.25, 0.3) is 0 Å². The number of rotatable bonds is 2. The molecule has 0 radical (unpaired) electrons. The predicted octanol–water partition coefficient (Wildman–Crippen LogP) is 1.57. The Morgan fingerprint density at radius 2 is 1.49 bits per heavy atom. The molecular weight excluding hydrogens is 698 g/mol. The molecule has 24 heteroatoms. The lowest BCUT2D eigenvalue weighted by Gasteiger charge is -2.30. The van der Waals surface area contributed by atoms with Crippen LogP contribution in [0.2, 0.25) is 5.28 Å². The van der Waals surface area contributed by atoms with E-state index in [4.69, 9.17) is 50.6 Å². The monoisotopic (exact) mass is 720 g/mol. The number of nitrogen functional groups attached to an aromatic ring is 2. The lowest BCUT2D eigenvalue weighted by atomic mass is 10.1. The van der Waals surface area contributed by atoms with Crippen molar-refractivity contribution in [1.82, 2.24) is 39.0 Å². The molecule has 4 aliphatic rings. The first-order valence-corrected chi connectivity index (χ1v) is 19.1. The molecule has 1 aliphatic carbocycles. The molecule has 19 nitrogen and oxygen atoms in total. The summed E-state index contributed by atoms with van der Waals surface area (Å²) in [6, 6.07) is -0.358. The number of fused-ring (bicyclic) bond motifs is 6. The second-order valence-corrected chi connectivity index (χ2v) is 16.8. The fourth-order valence-electron chi connectivity index (χ4n) is 6.09. The van der Waals surface area contributed by atoms with Crippen LogP contribution in [0, 0.1) is 5.92 Å². The summed E-state index contributed by atoms with van der Waals surface area (Å²) < 4.78 is 65.2. The van der Waals surface area contributed by atoms with Gasteiger partial charge in [-0.05, 0) is 11.6 Å². The number of hydrogen-bond donors (Lipinski definition) is 5. The van der Waals surface area contributed by atoms with Gasteiger partial charge in [-0.25, -0.2) is 29.1 Å². The summed E-state index contributed by atoms with van der Waals surface area (Å²) in [6.45, 7) is -9.04. The average molecular weight is 721 g/mol. The maximum Gasteiger partial charge on any atom is 0.386 e. The largest absolute Gasteiger partial charge is 0.386 e. The molecule has 0 spiro atoms. The number of aliphatic hydroxyl groups is 1. The third-order valence-corrected chi connectivity index (χ3v) is 11.5. The molecule has 3 saturated heterocycles. The Labute approximate surface area is 267 Å². The van der Waals surface area contributed by atoms with E-state index in [2.05, 4.69) is 54.4 Å². The summed E-state index contributed by atoms with van der Waals surface area (Å²) in [5.74, 6) is -0.155. The number of ether oxygens (including phenoxy) is 2. The molecule has 45 heavy (non-hydrogen) atoms. The molecule has 8 rings (SSSR count). The minimum Gasteiger partial charge on any atom is -0.386 e. The van der Waals surface area contributed by atoms with Crippen molar-refractivity contribution in [2.24, 2.45) is 5.92 Å². The van der Waals surface area contributed by atoms with Crippen LogP contribution < -0.4 is 11.5 Å². The Hall–Kier alpha value is -2.13. The lowest BCUT2D eigenvalue weighted by molar-refractivity contribution is -0.0554. The Balaban J connectivity index is 1.06. The third kappa shape index (κ3) is 5.13. The van der Waals surface area contributed by atoms with Crippen molar-refractivity contribution in [3.63, 3.8) is 0 Å². The SMILES string of the molecule is Nc1nc(Cl)nc2c1ncn2[C@@H]1C2O[C@@H]3CO[P@@](=O)(S)OC4C(O)[C@H](n5cnc6c(N)ncnc65)O[C@@H]4CO[P@@](=O)(S)OC3C21. The van der Waals surface area contributed by atoms with E-state index in [1.807, 2.05) is 0 Å². The zero-order chi connectivity index (χ0) is 31.4. The Morgan fingerprint density at radius 3 is 2.22 bits per heavy atom. The van der Waals surface area contributed by atoms with Crippen molar-refractivity contribution in [3.8, 4) is 0 Å². The average Bonchev–Trinajstić information content (AvgIpc) is 3.37. The molecule has 0 amide bonds. The normalized spacial score (nSPS) is 40.0. The van der Waals surface area contributed by atoms with Crippen molar-refractivity contribution in [1.29, 1.82) is 0 Å². The summed E-state index contributed by atoms with van der Waals surface area (Å²) in [5, 5.41) is 11.2. The minimum absolute atomic E-state index is 0.0572. The van der Waals surface area contributed by atoms with Gasteiger partial charge in [0.2, 0.25) is 5.28 Å². The molecule has 4 aromatic rings. The molecule has 7 heterocycles. The van der Waals surface area contributed by atoms with Crippen molar-refractivity contribution in [2.45, 2.75) is 48.9 Å². The van der Waals surface area contributed by atoms with Gasteiger partial charge in [-0.1, -0.05) is 24.5 Å². The molecule has 3 aliphatic heterocycles. The molecule has 11 atom stereocenters. The summed E-state index contributed by atoms with van der Waals surface area (Å²) >= 11 is 14.4. The molecule has 240 valence electrons. The maximum atomic E-state index is 13.6. The molecule has 0 aromatic carbocycles. The first-order valence-electron chi connectivity index (χ1n) is 13.3. The molecular formula is C21H23ClN10O9P2S2. The number of anilines is 2. The fraction of sp³-hybridized carbons (Fsp3) is 0.524. The van der Waals surface area contributed by atoms with E-state index in [0.29, 0.717) is 11.2 Å². The number of nitrogens with two attached hydrogens (primary N) is 2. The number of halogens is 1. The first-order chi connectivity index (χ1) is 21.4. The van der Waals surface area contributed by atoms with Gasteiger partial charge in [0.05, 0.1) is 38.0 Å². The van der Waals surface area contributed by atoms with Crippen LogP contribution in [0.25, 0.3) is 22.3 Å². The lowest BCUT2D eigenvalue weighted by Crippen LogP contribution is -2.37. The number of aliphatic hydroxyl groups excluding tert-OH is 1. The van der Waals surface area contributed by atoms with Crippen molar-refractivity contribution in [2.75, 3.05) is 24.7 Å². The molecule has 5 N–H and O–H groups in total. The van der Waals surface area contributed by atoms with Crippen LogP contribution in [-0.2, 0) is 36.7 Å².